The van der Waals surface area contributed by atoms with Crippen LogP contribution in [0.4, 0.5) is 0 Å². The van der Waals surface area contributed by atoms with Crippen LogP contribution in [0.5, 0.6) is 0 Å². The van der Waals surface area contributed by atoms with Crippen LogP contribution in [0.2, 0.25) is 0 Å². The molecular weight excluding hydrogens is 252 g/mol. The Labute approximate surface area is 121 Å². The minimum Gasteiger partial charge on any atom is -0.366 e. The third-order valence-corrected chi connectivity index (χ3v) is 2.86. The summed E-state index contributed by atoms with van der Waals surface area (Å²) in [6.07, 6.45) is 0. The normalized spacial score (nSPS) is 10.9. The van der Waals surface area contributed by atoms with Crippen LogP contribution in [0.25, 0.3) is 0 Å². The first kappa shape index (κ1) is 16.2. The Kier molecular flexibility index (Phi) is 5.72. The number of carbonyl (C=O) groups is 1. The molecule has 0 bridgehead atoms. The summed E-state index contributed by atoms with van der Waals surface area (Å²) in [6.45, 7) is 8.76. The standard InChI is InChI=1S/C16H22N2O2/c1-5-18(15(19)12-20-16(2,3)4)11-14-9-7-6-8-13(14)10-17/h6-9H,5,11-12H2,1-4H3. The van der Waals surface area contributed by atoms with Crippen LogP contribution >= 0.6 is 0 Å². The lowest BCUT2D eigenvalue weighted by Gasteiger charge is -2.25. The van der Waals surface area contributed by atoms with Gasteiger partial charge in [-0.15, -0.1) is 0 Å². The van der Waals surface area contributed by atoms with E-state index in [1.54, 1.807) is 11.0 Å². The largest absolute Gasteiger partial charge is 0.366 e. The Morgan fingerprint density at radius 1 is 1.35 bits per heavy atom. The highest BCUT2D eigenvalue weighted by Crippen LogP contribution is 2.12. The second kappa shape index (κ2) is 7.06. The molecule has 1 amide bonds. The SMILES string of the molecule is CCN(Cc1ccccc1C#N)C(=O)COC(C)(C)C. The molecule has 0 aliphatic carbocycles. The van der Waals surface area contributed by atoms with Gasteiger partial charge in [-0.25, -0.2) is 0 Å². The molecule has 0 aromatic heterocycles. The molecule has 0 aliphatic rings. The molecule has 0 N–H and O–H groups in total. The minimum atomic E-state index is -0.334. The zero-order valence-corrected chi connectivity index (χ0v) is 12.6. The van der Waals surface area contributed by atoms with Crippen LogP contribution in [-0.2, 0) is 16.1 Å². The van der Waals surface area contributed by atoms with Crippen LogP contribution in [0.1, 0.15) is 38.8 Å². The minimum absolute atomic E-state index is 0.0600. The third-order valence-electron chi connectivity index (χ3n) is 2.86. The Morgan fingerprint density at radius 3 is 2.55 bits per heavy atom. The quantitative estimate of drug-likeness (QED) is 0.829. The van der Waals surface area contributed by atoms with E-state index >= 15 is 0 Å². The lowest BCUT2D eigenvalue weighted by atomic mass is 10.1. The van der Waals surface area contributed by atoms with Crippen molar-refractivity contribution >= 4 is 5.91 Å². The monoisotopic (exact) mass is 274 g/mol. The number of benzene rings is 1. The zero-order valence-electron chi connectivity index (χ0n) is 12.6. The van der Waals surface area contributed by atoms with Crippen molar-refractivity contribution in [2.45, 2.75) is 39.8 Å². The lowest BCUT2D eigenvalue weighted by molar-refractivity contribution is -0.141. The fourth-order valence-electron chi connectivity index (χ4n) is 1.72. The Bertz CT molecular complexity index is 498. The molecule has 0 heterocycles. The van der Waals surface area contributed by atoms with E-state index in [2.05, 4.69) is 6.07 Å². The van der Waals surface area contributed by atoms with E-state index < -0.39 is 0 Å². The predicted octanol–water partition coefficient (Wildman–Crippen LogP) is 2.72. The van der Waals surface area contributed by atoms with Crippen molar-refractivity contribution in [3.05, 3.63) is 35.4 Å². The van der Waals surface area contributed by atoms with Crippen molar-refractivity contribution in [2.24, 2.45) is 0 Å². The highest BCUT2D eigenvalue weighted by atomic mass is 16.5. The molecule has 1 aromatic carbocycles. The van der Waals surface area contributed by atoms with E-state index in [9.17, 15) is 4.79 Å². The van der Waals surface area contributed by atoms with Crippen LogP contribution in [0, 0.1) is 11.3 Å². The highest BCUT2D eigenvalue weighted by molar-refractivity contribution is 5.77. The van der Waals surface area contributed by atoms with Crippen molar-refractivity contribution < 1.29 is 9.53 Å². The van der Waals surface area contributed by atoms with E-state index in [1.165, 1.54) is 0 Å². The Balaban J connectivity index is 2.72. The number of nitriles is 1. The molecule has 0 atom stereocenters. The van der Waals surface area contributed by atoms with E-state index in [-0.39, 0.29) is 18.1 Å². The molecule has 4 heteroatoms. The van der Waals surface area contributed by atoms with Gasteiger partial charge in [-0.05, 0) is 39.3 Å². The number of nitrogens with zero attached hydrogens (tertiary/aromatic N) is 2. The predicted molar refractivity (Wildman–Crippen MR) is 78.0 cm³/mol. The topological polar surface area (TPSA) is 53.3 Å². The molecule has 0 fully saturated rings. The molecule has 0 radical (unpaired) electrons. The molecule has 0 saturated heterocycles. The molecular formula is C16H22N2O2. The molecule has 0 unspecified atom stereocenters. The van der Waals surface area contributed by atoms with Gasteiger partial charge in [-0.2, -0.15) is 5.26 Å². The van der Waals surface area contributed by atoms with Crippen molar-refractivity contribution in [1.29, 1.82) is 5.26 Å². The number of amides is 1. The van der Waals surface area contributed by atoms with Crippen molar-refractivity contribution in [3.63, 3.8) is 0 Å². The maximum atomic E-state index is 12.1. The van der Waals surface area contributed by atoms with Gasteiger partial charge in [0.05, 0.1) is 17.2 Å². The fourth-order valence-corrected chi connectivity index (χ4v) is 1.72. The third kappa shape index (κ3) is 5.02. The second-order valence-electron chi connectivity index (χ2n) is 5.58. The summed E-state index contributed by atoms with van der Waals surface area (Å²) in [5.41, 5.74) is 1.14. The van der Waals surface area contributed by atoms with Gasteiger partial charge in [0.15, 0.2) is 0 Å². The smallest absolute Gasteiger partial charge is 0.248 e. The van der Waals surface area contributed by atoms with Crippen LogP contribution in [-0.4, -0.2) is 29.6 Å². The van der Waals surface area contributed by atoms with Gasteiger partial charge >= 0.3 is 0 Å². The number of rotatable bonds is 5. The summed E-state index contributed by atoms with van der Waals surface area (Å²) < 4.78 is 5.51. The molecule has 0 spiro atoms. The molecule has 20 heavy (non-hydrogen) atoms. The van der Waals surface area contributed by atoms with Gasteiger partial charge in [0, 0.05) is 13.1 Å². The van der Waals surface area contributed by atoms with Gasteiger partial charge in [0.2, 0.25) is 5.91 Å². The van der Waals surface area contributed by atoms with Gasteiger partial charge in [-0.3, -0.25) is 4.79 Å². The molecule has 108 valence electrons. The summed E-state index contributed by atoms with van der Waals surface area (Å²) in [7, 11) is 0. The number of carbonyl (C=O) groups excluding carboxylic acids is 1. The highest BCUT2D eigenvalue weighted by Gasteiger charge is 2.18. The van der Waals surface area contributed by atoms with E-state index in [0.29, 0.717) is 18.7 Å². The number of hydrogen-bond donors (Lipinski definition) is 0. The number of hydrogen-bond acceptors (Lipinski definition) is 3. The van der Waals surface area contributed by atoms with Crippen LogP contribution in [0.3, 0.4) is 0 Å². The average Bonchev–Trinajstić information content (AvgIpc) is 2.41. The number of ether oxygens (including phenoxy) is 1. The van der Waals surface area contributed by atoms with E-state index in [0.717, 1.165) is 5.56 Å². The second-order valence-corrected chi connectivity index (χ2v) is 5.58. The molecule has 1 aromatic rings. The van der Waals surface area contributed by atoms with Gasteiger partial charge < -0.3 is 9.64 Å². The first-order valence-electron chi connectivity index (χ1n) is 6.77. The van der Waals surface area contributed by atoms with Crippen molar-refractivity contribution in [1.82, 2.24) is 4.90 Å². The summed E-state index contributed by atoms with van der Waals surface area (Å²) in [6, 6.07) is 9.49. The van der Waals surface area contributed by atoms with Gasteiger partial charge in [0.1, 0.15) is 6.61 Å². The fraction of sp³-hybridized carbons (Fsp3) is 0.500. The maximum Gasteiger partial charge on any atom is 0.248 e. The first-order valence-corrected chi connectivity index (χ1v) is 6.77. The Morgan fingerprint density at radius 2 is 2.00 bits per heavy atom. The summed E-state index contributed by atoms with van der Waals surface area (Å²) in [5, 5.41) is 9.07. The Hall–Kier alpha value is -1.86. The van der Waals surface area contributed by atoms with Crippen molar-refractivity contribution in [3.8, 4) is 6.07 Å². The van der Waals surface area contributed by atoms with Gasteiger partial charge in [-0.1, -0.05) is 18.2 Å². The number of likely N-dealkylation sites (N-methyl/N-ethyl adjacent to an activating group) is 1. The molecule has 1 rings (SSSR count). The summed E-state index contributed by atoms with van der Waals surface area (Å²) >= 11 is 0. The molecule has 0 aliphatic heterocycles. The van der Waals surface area contributed by atoms with E-state index in [1.807, 2.05) is 45.9 Å². The molecule has 0 saturated carbocycles. The summed E-state index contributed by atoms with van der Waals surface area (Å²) in [5.74, 6) is -0.0600. The van der Waals surface area contributed by atoms with Gasteiger partial charge in [0.25, 0.3) is 0 Å². The zero-order chi connectivity index (χ0) is 15.2. The maximum absolute atomic E-state index is 12.1. The molecule has 4 nitrogen and oxygen atoms in total. The van der Waals surface area contributed by atoms with Crippen molar-refractivity contribution in [2.75, 3.05) is 13.2 Å². The summed E-state index contributed by atoms with van der Waals surface area (Å²) in [4.78, 5) is 13.8. The first-order chi connectivity index (χ1) is 9.37. The lowest BCUT2D eigenvalue weighted by Crippen LogP contribution is -2.36. The average molecular weight is 274 g/mol. The van der Waals surface area contributed by atoms with E-state index in [4.69, 9.17) is 10.00 Å². The van der Waals surface area contributed by atoms with Crippen LogP contribution in [0.15, 0.2) is 24.3 Å². The van der Waals surface area contributed by atoms with Crippen LogP contribution < -0.4 is 0 Å².